The number of carbonyl (C=O) groups is 2. The second-order valence-electron chi connectivity index (χ2n) is 3.58. The van der Waals surface area contributed by atoms with Gasteiger partial charge in [0.05, 0.1) is 11.9 Å². The molecule has 0 rings (SSSR count). The fraction of sp³-hybridized carbons (Fsp3) is 0.778. The lowest BCUT2D eigenvalue weighted by atomic mass is 10.2. The van der Waals surface area contributed by atoms with Crippen molar-refractivity contribution in [3.8, 4) is 0 Å². The lowest BCUT2D eigenvalue weighted by molar-refractivity contribution is -0.132. The SMILES string of the molecule is CC(C)CNC(=O)CN(C)C(=O)CBr. The molecule has 0 heterocycles. The summed E-state index contributed by atoms with van der Waals surface area (Å²) in [6, 6.07) is 0. The Morgan fingerprint density at radius 3 is 2.43 bits per heavy atom. The molecule has 0 saturated carbocycles. The number of hydrogen-bond donors (Lipinski definition) is 1. The smallest absolute Gasteiger partial charge is 0.239 e. The van der Waals surface area contributed by atoms with E-state index in [0.717, 1.165) is 0 Å². The number of amides is 2. The van der Waals surface area contributed by atoms with Crippen molar-refractivity contribution in [1.29, 1.82) is 0 Å². The molecule has 0 aliphatic heterocycles. The lowest BCUT2D eigenvalue weighted by Gasteiger charge is -2.15. The third kappa shape index (κ3) is 5.96. The van der Waals surface area contributed by atoms with Gasteiger partial charge >= 0.3 is 0 Å². The van der Waals surface area contributed by atoms with Gasteiger partial charge in [-0.15, -0.1) is 0 Å². The molecule has 0 aromatic carbocycles. The van der Waals surface area contributed by atoms with Crippen LogP contribution in [-0.2, 0) is 9.59 Å². The van der Waals surface area contributed by atoms with E-state index >= 15 is 0 Å². The molecule has 4 nitrogen and oxygen atoms in total. The molecule has 14 heavy (non-hydrogen) atoms. The van der Waals surface area contributed by atoms with Crippen molar-refractivity contribution >= 4 is 27.7 Å². The number of rotatable bonds is 5. The number of nitrogens with one attached hydrogen (secondary N) is 1. The van der Waals surface area contributed by atoms with Gasteiger partial charge in [0, 0.05) is 13.6 Å². The molecule has 0 radical (unpaired) electrons. The van der Waals surface area contributed by atoms with Gasteiger partial charge in [-0.3, -0.25) is 9.59 Å². The van der Waals surface area contributed by atoms with Crippen molar-refractivity contribution in [2.45, 2.75) is 13.8 Å². The zero-order valence-corrected chi connectivity index (χ0v) is 10.4. The predicted molar refractivity (Wildman–Crippen MR) is 59.3 cm³/mol. The summed E-state index contributed by atoms with van der Waals surface area (Å²) < 4.78 is 0. The maximum absolute atomic E-state index is 11.3. The van der Waals surface area contributed by atoms with Crippen LogP contribution in [0.2, 0.25) is 0 Å². The van der Waals surface area contributed by atoms with Gasteiger partial charge in [-0.1, -0.05) is 29.8 Å². The summed E-state index contributed by atoms with van der Waals surface area (Å²) in [7, 11) is 1.61. The van der Waals surface area contributed by atoms with Crippen LogP contribution in [0, 0.1) is 5.92 Å². The fourth-order valence-electron chi connectivity index (χ4n) is 0.779. The van der Waals surface area contributed by atoms with Crippen molar-refractivity contribution in [2.24, 2.45) is 5.92 Å². The second kappa shape index (κ2) is 6.81. The summed E-state index contributed by atoms with van der Waals surface area (Å²) in [5, 5.41) is 2.99. The molecule has 0 saturated heterocycles. The third-order valence-electron chi connectivity index (χ3n) is 1.63. The first-order valence-electron chi connectivity index (χ1n) is 4.54. The molecular formula is C9H17BrN2O2. The Morgan fingerprint density at radius 2 is 2.00 bits per heavy atom. The van der Waals surface area contributed by atoms with Crippen LogP contribution in [0.25, 0.3) is 0 Å². The zero-order chi connectivity index (χ0) is 11.1. The highest BCUT2D eigenvalue weighted by molar-refractivity contribution is 9.09. The van der Waals surface area contributed by atoms with E-state index in [1.807, 2.05) is 13.8 Å². The van der Waals surface area contributed by atoms with Crippen LogP contribution in [0.15, 0.2) is 0 Å². The van der Waals surface area contributed by atoms with E-state index in [-0.39, 0.29) is 23.7 Å². The maximum Gasteiger partial charge on any atom is 0.239 e. The van der Waals surface area contributed by atoms with Gasteiger partial charge in [0.15, 0.2) is 0 Å². The molecule has 0 aromatic rings. The van der Waals surface area contributed by atoms with Crippen molar-refractivity contribution in [1.82, 2.24) is 10.2 Å². The summed E-state index contributed by atoms with van der Waals surface area (Å²) in [5.74, 6) is 0.219. The van der Waals surface area contributed by atoms with Gasteiger partial charge in [-0.25, -0.2) is 0 Å². The first kappa shape index (κ1) is 13.4. The monoisotopic (exact) mass is 264 g/mol. The second-order valence-corrected chi connectivity index (χ2v) is 4.14. The van der Waals surface area contributed by atoms with E-state index in [9.17, 15) is 9.59 Å². The van der Waals surface area contributed by atoms with E-state index in [0.29, 0.717) is 12.5 Å². The Balaban J connectivity index is 3.77. The number of carbonyl (C=O) groups excluding carboxylic acids is 2. The Hall–Kier alpha value is -0.580. The van der Waals surface area contributed by atoms with E-state index < -0.39 is 0 Å². The van der Waals surface area contributed by atoms with E-state index in [2.05, 4.69) is 21.2 Å². The van der Waals surface area contributed by atoms with Gasteiger partial charge in [0.1, 0.15) is 0 Å². The molecule has 0 unspecified atom stereocenters. The zero-order valence-electron chi connectivity index (χ0n) is 8.84. The molecule has 5 heteroatoms. The molecule has 0 atom stereocenters. The molecule has 2 amide bonds. The van der Waals surface area contributed by atoms with Crippen LogP contribution < -0.4 is 5.32 Å². The minimum atomic E-state index is -0.115. The summed E-state index contributed by atoms with van der Waals surface area (Å²) in [5.41, 5.74) is 0. The third-order valence-corrected chi connectivity index (χ3v) is 2.11. The molecular weight excluding hydrogens is 248 g/mol. The van der Waals surface area contributed by atoms with Crippen LogP contribution >= 0.6 is 15.9 Å². The predicted octanol–water partition coefficient (Wildman–Crippen LogP) is 0.612. The fourth-order valence-corrected chi connectivity index (χ4v) is 1.21. The highest BCUT2D eigenvalue weighted by Crippen LogP contribution is 1.91. The van der Waals surface area contributed by atoms with E-state index in [4.69, 9.17) is 0 Å². The van der Waals surface area contributed by atoms with Crippen molar-refractivity contribution in [2.75, 3.05) is 25.5 Å². The molecule has 0 aromatic heterocycles. The highest BCUT2D eigenvalue weighted by atomic mass is 79.9. The van der Waals surface area contributed by atoms with E-state index in [1.165, 1.54) is 4.90 Å². The molecule has 0 aliphatic rings. The number of alkyl halides is 1. The summed E-state index contributed by atoms with van der Waals surface area (Å²) in [6.07, 6.45) is 0. The Kier molecular flexibility index (Phi) is 6.53. The van der Waals surface area contributed by atoms with Crippen molar-refractivity contribution in [3.63, 3.8) is 0 Å². The minimum absolute atomic E-state index is 0.0929. The normalized spacial score (nSPS) is 10.1. The van der Waals surface area contributed by atoms with Gasteiger partial charge in [0.2, 0.25) is 11.8 Å². The van der Waals surface area contributed by atoms with Crippen LogP contribution in [-0.4, -0.2) is 42.2 Å². The topological polar surface area (TPSA) is 49.4 Å². The number of nitrogens with zero attached hydrogens (tertiary/aromatic N) is 1. The average Bonchev–Trinajstić information content (AvgIpc) is 2.13. The quantitative estimate of drug-likeness (QED) is 0.740. The molecule has 0 fully saturated rings. The summed E-state index contributed by atoms with van der Waals surface area (Å²) in [4.78, 5) is 23.7. The maximum atomic E-state index is 11.3. The van der Waals surface area contributed by atoms with E-state index in [1.54, 1.807) is 7.05 Å². The van der Waals surface area contributed by atoms with Gasteiger partial charge in [-0.2, -0.15) is 0 Å². The first-order valence-corrected chi connectivity index (χ1v) is 5.66. The van der Waals surface area contributed by atoms with Crippen LogP contribution in [0.5, 0.6) is 0 Å². The average molecular weight is 265 g/mol. The Labute approximate surface area is 93.2 Å². The molecule has 0 spiro atoms. The van der Waals surface area contributed by atoms with Crippen molar-refractivity contribution in [3.05, 3.63) is 0 Å². The number of likely N-dealkylation sites (N-methyl/N-ethyl adjacent to an activating group) is 1. The minimum Gasteiger partial charge on any atom is -0.354 e. The summed E-state index contributed by atoms with van der Waals surface area (Å²) >= 11 is 3.04. The van der Waals surface area contributed by atoms with Crippen LogP contribution in [0.3, 0.4) is 0 Å². The van der Waals surface area contributed by atoms with Crippen LogP contribution in [0.1, 0.15) is 13.8 Å². The Morgan fingerprint density at radius 1 is 1.43 bits per heavy atom. The molecule has 0 bridgehead atoms. The standard InChI is InChI=1S/C9H17BrN2O2/c1-7(2)5-11-8(13)6-12(3)9(14)4-10/h7H,4-6H2,1-3H3,(H,11,13). The van der Waals surface area contributed by atoms with Crippen LogP contribution in [0.4, 0.5) is 0 Å². The van der Waals surface area contributed by atoms with Gasteiger partial charge < -0.3 is 10.2 Å². The first-order chi connectivity index (χ1) is 6.47. The molecule has 1 N–H and O–H groups in total. The largest absolute Gasteiger partial charge is 0.354 e. The van der Waals surface area contributed by atoms with Gasteiger partial charge in [0.25, 0.3) is 0 Å². The lowest BCUT2D eigenvalue weighted by Crippen LogP contribution is -2.39. The summed E-state index contributed by atoms with van der Waals surface area (Å²) in [6.45, 7) is 4.81. The van der Waals surface area contributed by atoms with Crippen molar-refractivity contribution < 1.29 is 9.59 Å². The number of halogens is 1. The Bertz CT molecular complexity index is 207. The molecule has 82 valence electrons. The van der Waals surface area contributed by atoms with Gasteiger partial charge in [-0.05, 0) is 5.92 Å². The molecule has 0 aliphatic carbocycles. The highest BCUT2D eigenvalue weighted by Gasteiger charge is 2.10. The number of hydrogen-bond acceptors (Lipinski definition) is 2.